The predicted molar refractivity (Wildman–Crippen MR) is 94.3 cm³/mol. The first kappa shape index (κ1) is 17.5. The van der Waals surface area contributed by atoms with Crippen molar-refractivity contribution >= 4 is 21.4 Å². The zero-order chi connectivity index (χ0) is 17.0. The van der Waals surface area contributed by atoms with Gasteiger partial charge in [-0.05, 0) is 55.4 Å². The van der Waals surface area contributed by atoms with Gasteiger partial charge < -0.3 is 4.90 Å². The number of benzene rings is 1. The van der Waals surface area contributed by atoms with Gasteiger partial charge in [0.05, 0.1) is 0 Å². The number of likely N-dealkylation sites (tertiary alicyclic amines) is 1. The molecule has 0 radical (unpaired) electrons. The topological polar surface area (TPSA) is 49.4 Å². The van der Waals surface area contributed by atoms with E-state index in [1.54, 1.807) is 11.3 Å². The Morgan fingerprint density at radius 3 is 2.58 bits per heavy atom. The molecule has 1 fully saturated rings. The minimum absolute atomic E-state index is 0.290. The van der Waals surface area contributed by atoms with Crippen LogP contribution in [-0.2, 0) is 10.0 Å². The highest BCUT2D eigenvalue weighted by Crippen LogP contribution is 2.30. The van der Waals surface area contributed by atoms with E-state index in [2.05, 4.69) is 27.1 Å². The van der Waals surface area contributed by atoms with E-state index in [1.165, 1.54) is 23.1 Å². The van der Waals surface area contributed by atoms with Crippen LogP contribution in [0.15, 0.2) is 46.7 Å². The first-order valence-electron chi connectivity index (χ1n) is 8.06. The number of nitrogens with one attached hydrogen (secondary N) is 1. The maximum atomic E-state index is 13.6. The van der Waals surface area contributed by atoms with Gasteiger partial charge in [0.2, 0.25) is 10.0 Å². The normalized spacial score (nSPS) is 17.2. The number of rotatable bonds is 6. The Kier molecular flexibility index (Phi) is 5.65. The summed E-state index contributed by atoms with van der Waals surface area (Å²) in [6, 6.07) is 9.71. The fraction of sp³-hybridized carbons (Fsp3) is 0.412. The standard InChI is InChI=1S/C17H21FN2O2S2/c18-15-4-1-2-6-17(15)24(21,22)19-9-12-20-10-7-14(8-11-20)16-5-3-13-23-16/h1-6,13-14,19H,7-12H2. The van der Waals surface area contributed by atoms with Crippen LogP contribution in [0.3, 0.4) is 0 Å². The van der Waals surface area contributed by atoms with Crippen molar-refractivity contribution in [2.75, 3.05) is 26.2 Å². The van der Waals surface area contributed by atoms with Crippen LogP contribution in [0.1, 0.15) is 23.6 Å². The molecule has 0 unspecified atom stereocenters. The van der Waals surface area contributed by atoms with Crippen molar-refractivity contribution in [1.29, 1.82) is 0 Å². The van der Waals surface area contributed by atoms with Crippen LogP contribution in [0.4, 0.5) is 4.39 Å². The molecule has 1 saturated heterocycles. The molecule has 2 aromatic rings. The SMILES string of the molecule is O=S(=O)(NCCN1CCC(c2cccs2)CC1)c1ccccc1F. The third-order valence-electron chi connectivity index (χ3n) is 4.38. The van der Waals surface area contributed by atoms with Crippen molar-refractivity contribution in [2.24, 2.45) is 0 Å². The number of thiophene rings is 1. The van der Waals surface area contributed by atoms with Gasteiger partial charge in [0.1, 0.15) is 10.7 Å². The number of nitrogens with zero attached hydrogens (tertiary/aromatic N) is 1. The van der Waals surface area contributed by atoms with Crippen LogP contribution in [-0.4, -0.2) is 39.5 Å². The van der Waals surface area contributed by atoms with E-state index in [4.69, 9.17) is 0 Å². The summed E-state index contributed by atoms with van der Waals surface area (Å²) < 4.78 is 40.4. The largest absolute Gasteiger partial charge is 0.302 e. The molecule has 0 saturated carbocycles. The monoisotopic (exact) mass is 368 g/mol. The number of hydrogen-bond acceptors (Lipinski definition) is 4. The third-order valence-corrected chi connectivity index (χ3v) is 6.91. The van der Waals surface area contributed by atoms with Gasteiger partial charge in [0.15, 0.2) is 0 Å². The molecule has 1 aliphatic heterocycles. The van der Waals surface area contributed by atoms with Crippen molar-refractivity contribution in [1.82, 2.24) is 9.62 Å². The molecule has 0 bridgehead atoms. The Hall–Kier alpha value is -1.28. The van der Waals surface area contributed by atoms with Gasteiger partial charge in [-0.1, -0.05) is 18.2 Å². The second-order valence-electron chi connectivity index (χ2n) is 5.96. The molecule has 0 aliphatic carbocycles. The van der Waals surface area contributed by atoms with Crippen LogP contribution < -0.4 is 4.72 Å². The molecule has 7 heteroatoms. The molecule has 1 aliphatic rings. The molecular weight excluding hydrogens is 347 g/mol. The highest BCUT2D eigenvalue weighted by atomic mass is 32.2. The molecule has 0 atom stereocenters. The lowest BCUT2D eigenvalue weighted by atomic mass is 9.95. The van der Waals surface area contributed by atoms with Gasteiger partial charge in [-0.15, -0.1) is 11.3 Å². The fourth-order valence-corrected chi connectivity index (χ4v) is 5.04. The summed E-state index contributed by atoms with van der Waals surface area (Å²) in [5.74, 6) is -0.0990. The van der Waals surface area contributed by atoms with Crippen LogP contribution in [0.2, 0.25) is 0 Å². The number of sulfonamides is 1. The van der Waals surface area contributed by atoms with Crippen LogP contribution >= 0.6 is 11.3 Å². The Morgan fingerprint density at radius 2 is 1.92 bits per heavy atom. The molecular formula is C17H21FN2O2S2. The van der Waals surface area contributed by atoms with Gasteiger partial charge in [0, 0.05) is 18.0 Å². The summed E-state index contributed by atoms with van der Waals surface area (Å²) in [6.07, 6.45) is 2.20. The van der Waals surface area contributed by atoms with Crippen LogP contribution in [0, 0.1) is 5.82 Å². The zero-order valence-corrected chi connectivity index (χ0v) is 15.0. The van der Waals surface area contributed by atoms with Gasteiger partial charge >= 0.3 is 0 Å². The fourth-order valence-electron chi connectivity index (χ4n) is 3.04. The first-order valence-corrected chi connectivity index (χ1v) is 10.4. The van der Waals surface area contributed by atoms with Crippen molar-refractivity contribution in [2.45, 2.75) is 23.7 Å². The highest BCUT2D eigenvalue weighted by molar-refractivity contribution is 7.89. The molecule has 3 rings (SSSR count). The van der Waals surface area contributed by atoms with Gasteiger partial charge in [-0.25, -0.2) is 17.5 Å². The molecule has 0 amide bonds. The van der Waals surface area contributed by atoms with Crippen molar-refractivity contribution in [3.8, 4) is 0 Å². The highest BCUT2D eigenvalue weighted by Gasteiger charge is 2.22. The Bertz CT molecular complexity index is 755. The molecule has 130 valence electrons. The maximum Gasteiger partial charge on any atom is 0.243 e. The van der Waals surface area contributed by atoms with Crippen LogP contribution in [0.25, 0.3) is 0 Å². The molecule has 1 N–H and O–H groups in total. The summed E-state index contributed by atoms with van der Waals surface area (Å²) in [7, 11) is -3.79. The molecule has 1 aromatic heterocycles. The Balaban J connectivity index is 1.47. The van der Waals surface area contributed by atoms with Crippen molar-refractivity contribution < 1.29 is 12.8 Å². The summed E-state index contributed by atoms with van der Waals surface area (Å²) in [6.45, 7) is 2.86. The lowest BCUT2D eigenvalue weighted by Crippen LogP contribution is -2.39. The number of hydrogen-bond donors (Lipinski definition) is 1. The second-order valence-corrected chi connectivity index (χ2v) is 8.67. The van der Waals surface area contributed by atoms with E-state index in [9.17, 15) is 12.8 Å². The number of piperidine rings is 1. The van der Waals surface area contributed by atoms with E-state index in [-0.39, 0.29) is 4.90 Å². The van der Waals surface area contributed by atoms with Gasteiger partial charge in [-0.3, -0.25) is 0 Å². The summed E-state index contributed by atoms with van der Waals surface area (Å²) in [5.41, 5.74) is 0. The molecule has 2 heterocycles. The summed E-state index contributed by atoms with van der Waals surface area (Å²) >= 11 is 1.81. The quantitative estimate of drug-likeness (QED) is 0.853. The predicted octanol–water partition coefficient (Wildman–Crippen LogP) is 3.05. The Labute approximate surface area is 146 Å². The van der Waals surface area contributed by atoms with Crippen LogP contribution in [0.5, 0.6) is 0 Å². The molecule has 1 aromatic carbocycles. The lowest BCUT2D eigenvalue weighted by Gasteiger charge is -2.31. The molecule has 4 nitrogen and oxygen atoms in total. The Morgan fingerprint density at radius 1 is 1.17 bits per heavy atom. The zero-order valence-electron chi connectivity index (χ0n) is 13.3. The third kappa shape index (κ3) is 4.22. The second kappa shape index (κ2) is 7.74. The smallest absolute Gasteiger partial charge is 0.243 e. The first-order chi connectivity index (χ1) is 11.6. The van der Waals surface area contributed by atoms with Crippen molar-refractivity contribution in [3.63, 3.8) is 0 Å². The average molecular weight is 368 g/mol. The van der Waals surface area contributed by atoms with Gasteiger partial charge in [-0.2, -0.15) is 0 Å². The average Bonchev–Trinajstić information content (AvgIpc) is 3.10. The van der Waals surface area contributed by atoms with E-state index in [0.29, 0.717) is 19.0 Å². The minimum atomic E-state index is -3.79. The van der Waals surface area contributed by atoms with E-state index < -0.39 is 15.8 Å². The van der Waals surface area contributed by atoms with E-state index in [0.717, 1.165) is 32.0 Å². The van der Waals surface area contributed by atoms with E-state index in [1.807, 2.05) is 0 Å². The van der Waals surface area contributed by atoms with Crippen molar-refractivity contribution in [3.05, 3.63) is 52.5 Å². The maximum absolute atomic E-state index is 13.6. The molecule has 0 spiro atoms. The number of halogens is 1. The molecule has 24 heavy (non-hydrogen) atoms. The minimum Gasteiger partial charge on any atom is -0.302 e. The lowest BCUT2D eigenvalue weighted by molar-refractivity contribution is 0.217. The van der Waals surface area contributed by atoms with Gasteiger partial charge in [0.25, 0.3) is 0 Å². The van der Waals surface area contributed by atoms with E-state index >= 15 is 0 Å². The summed E-state index contributed by atoms with van der Waals surface area (Å²) in [5, 5.41) is 2.11. The summed E-state index contributed by atoms with van der Waals surface area (Å²) in [4.78, 5) is 3.41.